The number of allylic oxidation sites excluding steroid dienone is 2. The van der Waals surface area contributed by atoms with Crippen LogP contribution in [0.1, 0.15) is 99.3 Å². The molecule has 62 heavy (non-hydrogen) atoms. The molecule has 6 rings (SSSR count). The number of methoxy groups -OCH3 is 2. The van der Waals surface area contributed by atoms with Gasteiger partial charge in [-0.05, 0) is 121 Å². The van der Waals surface area contributed by atoms with Crippen molar-refractivity contribution in [3.8, 4) is 58.1 Å². The zero-order chi connectivity index (χ0) is 43.8. The van der Waals surface area contributed by atoms with Crippen LogP contribution in [0.4, 0.5) is 0 Å². The third-order valence-electron chi connectivity index (χ3n) is 10.2. The van der Waals surface area contributed by atoms with Crippen LogP contribution in [0.2, 0.25) is 0 Å². The topological polar surface area (TPSA) is 162 Å². The number of aliphatic hydroxyl groups is 2. The Balaban J connectivity index is 0.000000234. The van der Waals surface area contributed by atoms with Crippen LogP contribution in [0, 0.1) is 22.7 Å². The normalized spacial score (nSPS) is 12.5. The highest BCUT2D eigenvalue weighted by atomic mass is 16.7. The van der Waals surface area contributed by atoms with E-state index < -0.39 is 0 Å². The Labute approximate surface area is 365 Å². The predicted octanol–water partition coefficient (Wildman–Crippen LogP) is 10.4. The van der Waals surface area contributed by atoms with Gasteiger partial charge in [-0.1, -0.05) is 63.5 Å². The summed E-state index contributed by atoms with van der Waals surface area (Å²) >= 11 is 0. The molecule has 2 aliphatic heterocycles. The molecule has 12 nitrogen and oxygen atoms in total. The number of rotatable bonds is 24. The van der Waals surface area contributed by atoms with Gasteiger partial charge in [0.15, 0.2) is 46.0 Å². The molecule has 0 atom stereocenters. The first-order valence-corrected chi connectivity index (χ1v) is 21.4. The summed E-state index contributed by atoms with van der Waals surface area (Å²) in [5.74, 6) is 5.34. The van der Waals surface area contributed by atoms with E-state index in [-0.39, 0.29) is 26.8 Å². The van der Waals surface area contributed by atoms with E-state index in [4.69, 9.17) is 48.1 Å². The highest BCUT2D eigenvalue weighted by molar-refractivity contribution is 5.91. The van der Waals surface area contributed by atoms with E-state index in [0.29, 0.717) is 70.4 Å². The Hall–Kier alpha value is -6.34. The largest absolute Gasteiger partial charge is 0.493 e. The molecule has 12 heteroatoms. The Kier molecular flexibility index (Phi) is 19.7. The van der Waals surface area contributed by atoms with E-state index in [0.717, 1.165) is 99.3 Å². The summed E-state index contributed by atoms with van der Waals surface area (Å²) in [4.78, 5) is 0. The van der Waals surface area contributed by atoms with Crippen molar-refractivity contribution in [3.63, 3.8) is 0 Å². The SMILES string of the molecule is COc1cc(C=C(C#N)c2ccc3c(c2)OCO3)ccc1OCCCCCCCCO.COc1cc(C=C(C#N)c2ccc3c(c2)OCO3)ccc1OCCCCCCCCO. The minimum Gasteiger partial charge on any atom is -0.493 e. The number of hydrogen-bond acceptors (Lipinski definition) is 12. The second-order valence-electron chi connectivity index (χ2n) is 14.7. The number of unbranched alkanes of at least 4 members (excludes halogenated alkanes) is 10. The summed E-state index contributed by atoms with van der Waals surface area (Å²) in [5, 5.41) is 36.9. The summed E-state index contributed by atoms with van der Waals surface area (Å²) in [6.07, 6.45) is 16.3. The van der Waals surface area contributed by atoms with E-state index in [1.54, 1.807) is 14.2 Å². The smallest absolute Gasteiger partial charge is 0.231 e. The first kappa shape index (κ1) is 46.7. The van der Waals surface area contributed by atoms with E-state index >= 15 is 0 Å². The molecule has 4 aromatic carbocycles. The van der Waals surface area contributed by atoms with E-state index in [9.17, 15) is 10.5 Å². The Bertz CT molecular complexity index is 2020. The monoisotopic (exact) mass is 846 g/mol. The molecule has 328 valence electrons. The maximum Gasteiger partial charge on any atom is 0.231 e. The van der Waals surface area contributed by atoms with Crippen LogP contribution in [0.25, 0.3) is 23.3 Å². The maximum atomic E-state index is 9.65. The molecular formula is C50H58N2O10. The van der Waals surface area contributed by atoms with Crippen molar-refractivity contribution >= 4 is 23.3 Å². The molecule has 0 bridgehead atoms. The average molecular weight is 847 g/mol. The van der Waals surface area contributed by atoms with Crippen molar-refractivity contribution in [2.75, 3.05) is 54.2 Å². The molecule has 0 saturated carbocycles. The average Bonchev–Trinajstić information content (AvgIpc) is 3.99. The van der Waals surface area contributed by atoms with Gasteiger partial charge in [0, 0.05) is 13.2 Å². The first-order valence-electron chi connectivity index (χ1n) is 21.4. The maximum absolute atomic E-state index is 9.65. The molecule has 0 saturated heterocycles. The van der Waals surface area contributed by atoms with Crippen LogP contribution in [0.3, 0.4) is 0 Å². The van der Waals surface area contributed by atoms with Gasteiger partial charge in [0.25, 0.3) is 0 Å². The molecule has 0 amide bonds. The van der Waals surface area contributed by atoms with Gasteiger partial charge in [-0.25, -0.2) is 0 Å². The van der Waals surface area contributed by atoms with Crippen LogP contribution >= 0.6 is 0 Å². The molecule has 2 N–H and O–H groups in total. The van der Waals surface area contributed by atoms with E-state index in [2.05, 4.69) is 12.1 Å². The van der Waals surface area contributed by atoms with E-state index in [1.807, 2.05) is 84.9 Å². The highest BCUT2D eigenvalue weighted by Gasteiger charge is 2.17. The summed E-state index contributed by atoms with van der Waals surface area (Å²) in [7, 11) is 3.22. The quantitative estimate of drug-likeness (QED) is 0.0391. The van der Waals surface area contributed by atoms with Crippen LogP contribution in [0.15, 0.2) is 72.8 Å². The molecule has 0 unspecified atom stereocenters. The van der Waals surface area contributed by atoms with Gasteiger partial charge in [0.2, 0.25) is 13.6 Å². The molecule has 0 aromatic heterocycles. The molecule has 2 aliphatic rings. The zero-order valence-electron chi connectivity index (χ0n) is 35.9. The molecule has 4 aromatic rings. The minimum absolute atomic E-state index is 0.201. The standard InChI is InChI=1S/2C25H29NO5/c2*1-28-24-15-19(8-10-22(24)29-13-7-5-3-2-4-6-12-27)14-21(17-26)20-9-11-23-25(16-20)31-18-30-23/h2*8-11,14-16,27H,2-7,12-13,18H2,1H3. The van der Waals surface area contributed by atoms with Crippen molar-refractivity contribution in [2.24, 2.45) is 0 Å². The zero-order valence-corrected chi connectivity index (χ0v) is 35.9. The van der Waals surface area contributed by atoms with Crippen molar-refractivity contribution < 1.29 is 48.1 Å². The van der Waals surface area contributed by atoms with Gasteiger partial charge < -0.3 is 48.1 Å². The Morgan fingerprint density at radius 1 is 0.500 bits per heavy atom. The van der Waals surface area contributed by atoms with Crippen LogP contribution < -0.4 is 37.9 Å². The van der Waals surface area contributed by atoms with Gasteiger partial charge in [0.05, 0.1) is 50.7 Å². The second-order valence-corrected chi connectivity index (χ2v) is 14.7. The molecule has 0 spiro atoms. The Morgan fingerprint density at radius 2 is 0.887 bits per heavy atom. The predicted molar refractivity (Wildman–Crippen MR) is 239 cm³/mol. The van der Waals surface area contributed by atoms with Crippen molar-refractivity contribution in [2.45, 2.75) is 77.0 Å². The van der Waals surface area contributed by atoms with E-state index in [1.165, 1.54) is 0 Å². The minimum atomic E-state index is 0.201. The number of aliphatic hydroxyl groups excluding tert-OH is 2. The number of nitrogens with zero attached hydrogens (tertiary/aromatic N) is 2. The third kappa shape index (κ3) is 14.4. The van der Waals surface area contributed by atoms with Crippen molar-refractivity contribution in [1.82, 2.24) is 0 Å². The lowest BCUT2D eigenvalue weighted by Gasteiger charge is -2.11. The molecular weight excluding hydrogens is 789 g/mol. The lowest BCUT2D eigenvalue weighted by Crippen LogP contribution is -1.99. The number of nitriles is 2. The number of benzene rings is 4. The number of ether oxygens (including phenoxy) is 8. The molecule has 0 radical (unpaired) electrons. The van der Waals surface area contributed by atoms with Gasteiger partial charge in [-0.2, -0.15) is 10.5 Å². The van der Waals surface area contributed by atoms with Gasteiger partial charge >= 0.3 is 0 Å². The van der Waals surface area contributed by atoms with Crippen molar-refractivity contribution in [3.05, 3.63) is 95.1 Å². The highest BCUT2D eigenvalue weighted by Crippen LogP contribution is 2.37. The second kappa shape index (κ2) is 26.1. The van der Waals surface area contributed by atoms with Crippen molar-refractivity contribution in [1.29, 1.82) is 10.5 Å². The van der Waals surface area contributed by atoms with Gasteiger partial charge in [-0.15, -0.1) is 0 Å². The fraction of sp³-hybridized carbons (Fsp3) is 0.400. The summed E-state index contributed by atoms with van der Waals surface area (Å²) < 4.78 is 44.3. The number of fused-ring (bicyclic) bond motifs is 2. The molecule has 0 aliphatic carbocycles. The molecule has 2 heterocycles. The van der Waals surface area contributed by atoms with Gasteiger partial charge in [-0.3, -0.25) is 0 Å². The number of hydrogen-bond donors (Lipinski definition) is 2. The first-order chi connectivity index (χ1) is 30.5. The lowest BCUT2D eigenvalue weighted by molar-refractivity contribution is 0.173. The lowest BCUT2D eigenvalue weighted by atomic mass is 10.0. The third-order valence-corrected chi connectivity index (χ3v) is 10.2. The fourth-order valence-corrected chi connectivity index (χ4v) is 6.81. The summed E-state index contributed by atoms with van der Waals surface area (Å²) in [6.45, 7) is 2.22. The van der Waals surface area contributed by atoms with Gasteiger partial charge in [0.1, 0.15) is 0 Å². The summed E-state index contributed by atoms with van der Waals surface area (Å²) in [5.41, 5.74) is 4.28. The van der Waals surface area contributed by atoms with Crippen LogP contribution in [-0.4, -0.2) is 64.4 Å². The Morgan fingerprint density at radius 3 is 1.27 bits per heavy atom. The fourth-order valence-electron chi connectivity index (χ4n) is 6.81. The molecule has 0 fully saturated rings. The van der Waals surface area contributed by atoms with Crippen LogP contribution in [-0.2, 0) is 0 Å². The summed E-state index contributed by atoms with van der Waals surface area (Å²) in [6, 6.07) is 26.8. The van der Waals surface area contributed by atoms with Crippen LogP contribution in [0.5, 0.6) is 46.0 Å².